The molecule has 0 aliphatic rings. The summed E-state index contributed by atoms with van der Waals surface area (Å²) in [5.41, 5.74) is 0. The van der Waals surface area contributed by atoms with Crippen LogP contribution in [-0.4, -0.2) is 16.1 Å². The zero-order valence-corrected chi connectivity index (χ0v) is 11.4. The fourth-order valence-electron chi connectivity index (χ4n) is 2.01. The predicted octanol–water partition coefficient (Wildman–Crippen LogP) is 3.35. The van der Waals surface area contributed by atoms with Gasteiger partial charge in [0.2, 0.25) is 0 Å². The zero-order chi connectivity index (χ0) is 12.3. The van der Waals surface area contributed by atoms with Crippen LogP contribution >= 0.6 is 0 Å². The van der Waals surface area contributed by atoms with Crippen LogP contribution in [0.4, 0.5) is 0 Å². The van der Waals surface area contributed by atoms with Crippen molar-refractivity contribution in [3.63, 3.8) is 0 Å². The van der Waals surface area contributed by atoms with Gasteiger partial charge in [-0.2, -0.15) is 0 Å². The Morgan fingerprint density at radius 3 is 2.65 bits per heavy atom. The van der Waals surface area contributed by atoms with Gasteiger partial charge in [-0.3, -0.25) is 0 Å². The van der Waals surface area contributed by atoms with E-state index in [2.05, 4.69) is 34.9 Å². The number of hydrogen-bond donors (Lipinski definition) is 1. The topological polar surface area (TPSA) is 29.9 Å². The lowest BCUT2D eigenvalue weighted by atomic mass is 10.1. The van der Waals surface area contributed by atoms with Crippen LogP contribution in [0.25, 0.3) is 0 Å². The van der Waals surface area contributed by atoms with Gasteiger partial charge in [0, 0.05) is 18.9 Å². The fourth-order valence-corrected chi connectivity index (χ4v) is 2.01. The Hall–Kier alpha value is -0.830. The molecule has 0 radical (unpaired) electrons. The molecule has 17 heavy (non-hydrogen) atoms. The number of nitrogens with zero attached hydrogens (tertiary/aromatic N) is 2. The standard InChI is InChI=1S/C14H27N3/c1-3-5-6-7-8-9-11-17-12-10-16-14(17)13-15-4-2/h10,12,15H,3-9,11,13H2,1-2H3. The van der Waals surface area contributed by atoms with Gasteiger partial charge >= 0.3 is 0 Å². The molecule has 0 spiro atoms. The van der Waals surface area contributed by atoms with E-state index in [-0.39, 0.29) is 0 Å². The van der Waals surface area contributed by atoms with Crippen LogP contribution in [0.1, 0.15) is 58.2 Å². The molecule has 1 aromatic heterocycles. The maximum atomic E-state index is 4.38. The molecular weight excluding hydrogens is 210 g/mol. The highest BCUT2D eigenvalue weighted by atomic mass is 15.1. The molecule has 1 N–H and O–H groups in total. The van der Waals surface area contributed by atoms with Crippen LogP contribution in [0, 0.1) is 0 Å². The quantitative estimate of drug-likeness (QED) is 0.632. The predicted molar refractivity (Wildman–Crippen MR) is 73.0 cm³/mol. The average molecular weight is 237 g/mol. The van der Waals surface area contributed by atoms with E-state index in [1.165, 1.54) is 44.3 Å². The van der Waals surface area contributed by atoms with Gasteiger partial charge in [0.15, 0.2) is 0 Å². The van der Waals surface area contributed by atoms with E-state index in [0.29, 0.717) is 0 Å². The summed E-state index contributed by atoms with van der Waals surface area (Å²) in [4.78, 5) is 4.38. The van der Waals surface area contributed by atoms with Crippen molar-refractivity contribution in [3.05, 3.63) is 18.2 Å². The van der Waals surface area contributed by atoms with Crippen LogP contribution in [0.5, 0.6) is 0 Å². The molecule has 0 atom stereocenters. The highest BCUT2D eigenvalue weighted by Gasteiger charge is 2.01. The molecule has 0 saturated heterocycles. The fraction of sp³-hybridized carbons (Fsp3) is 0.786. The van der Waals surface area contributed by atoms with Crippen LogP contribution in [0.3, 0.4) is 0 Å². The second kappa shape index (κ2) is 9.23. The first-order valence-corrected chi connectivity index (χ1v) is 7.09. The molecule has 0 unspecified atom stereocenters. The van der Waals surface area contributed by atoms with Crippen LogP contribution in [0.15, 0.2) is 12.4 Å². The Kier molecular flexibility index (Phi) is 7.72. The molecule has 98 valence electrons. The summed E-state index contributed by atoms with van der Waals surface area (Å²) in [5, 5.41) is 3.33. The van der Waals surface area contributed by atoms with Crippen molar-refractivity contribution in [2.24, 2.45) is 0 Å². The van der Waals surface area contributed by atoms with Crippen molar-refractivity contribution in [2.75, 3.05) is 6.54 Å². The molecule has 0 bridgehead atoms. The number of aryl methyl sites for hydroxylation is 1. The second-order valence-corrected chi connectivity index (χ2v) is 4.58. The molecule has 0 aliphatic carbocycles. The lowest BCUT2D eigenvalue weighted by Crippen LogP contribution is -2.16. The molecule has 1 heterocycles. The van der Waals surface area contributed by atoms with E-state index < -0.39 is 0 Å². The Morgan fingerprint density at radius 1 is 1.12 bits per heavy atom. The molecule has 1 aromatic rings. The number of aromatic nitrogens is 2. The maximum Gasteiger partial charge on any atom is 0.122 e. The Morgan fingerprint density at radius 2 is 1.88 bits per heavy atom. The number of imidazole rings is 1. The molecule has 0 aromatic carbocycles. The lowest BCUT2D eigenvalue weighted by Gasteiger charge is -2.08. The summed E-state index contributed by atoms with van der Waals surface area (Å²) in [6.45, 7) is 7.40. The summed E-state index contributed by atoms with van der Waals surface area (Å²) < 4.78 is 2.28. The summed E-state index contributed by atoms with van der Waals surface area (Å²) >= 11 is 0. The van der Waals surface area contributed by atoms with Gasteiger partial charge in [-0.05, 0) is 13.0 Å². The zero-order valence-electron chi connectivity index (χ0n) is 11.4. The van der Waals surface area contributed by atoms with Gasteiger partial charge in [0.05, 0.1) is 6.54 Å². The molecule has 3 nitrogen and oxygen atoms in total. The van der Waals surface area contributed by atoms with Crippen molar-refractivity contribution in [1.82, 2.24) is 14.9 Å². The molecule has 3 heteroatoms. The first-order chi connectivity index (χ1) is 8.38. The third-order valence-corrected chi connectivity index (χ3v) is 3.09. The third-order valence-electron chi connectivity index (χ3n) is 3.09. The van der Waals surface area contributed by atoms with Gasteiger partial charge < -0.3 is 9.88 Å². The summed E-state index contributed by atoms with van der Waals surface area (Å²) in [7, 11) is 0. The second-order valence-electron chi connectivity index (χ2n) is 4.58. The number of hydrogen-bond acceptors (Lipinski definition) is 2. The van der Waals surface area contributed by atoms with Crippen molar-refractivity contribution in [3.8, 4) is 0 Å². The van der Waals surface area contributed by atoms with E-state index in [4.69, 9.17) is 0 Å². The molecule has 1 rings (SSSR count). The van der Waals surface area contributed by atoms with Gasteiger partial charge in [-0.25, -0.2) is 4.98 Å². The molecule has 0 aliphatic heterocycles. The van der Waals surface area contributed by atoms with Crippen molar-refractivity contribution in [2.45, 2.75) is 65.5 Å². The van der Waals surface area contributed by atoms with E-state index in [0.717, 1.165) is 19.6 Å². The Labute approximate surface area is 106 Å². The van der Waals surface area contributed by atoms with Gasteiger partial charge in [-0.15, -0.1) is 0 Å². The maximum absolute atomic E-state index is 4.38. The normalized spacial score (nSPS) is 10.9. The summed E-state index contributed by atoms with van der Waals surface area (Å²) in [6, 6.07) is 0. The highest BCUT2D eigenvalue weighted by molar-refractivity contribution is 4.91. The average Bonchev–Trinajstić information content (AvgIpc) is 2.78. The van der Waals surface area contributed by atoms with Crippen molar-refractivity contribution >= 4 is 0 Å². The minimum Gasteiger partial charge on any atom is -0.334 e. The van der Waals surface area contributed by atoms with Crippen molar-refractivity contribution < 1.29 is 0 Å². The molecule has 0 saturated carbocycles. The van der Waals surface area contributed by atoms with E-state index in [9.17, 15) is 0 Å². The van der Waals surface area contributed by atoms with Gasteiger partial charge in [0.25, 0.3) is 0 Å². The van der Waals surface area contributed by atoms with Crippen LogP contribution in [0.2, 0.25) is 0 Å². The van der Waals surface area contributed by atoms with Gasteiger partial charge in [-0.1, -0.05) is 46.0 Å². The first kappa shape index (κ1) is 14.2. The molecular formula is C14H27N3. The Balaban J connectivity index is 2.15. The van der Waals surface area contributed by atoms with Crippen molar-refractivity contribution in [1.29, 1.82) is 0 Å². The highest BCUT2D eigenvalue weighted by Crippen LogP contribution is 2.07. The van der Waals surface area contributed by atoms with Crippen LogP contribution < -0.4 is 5.32 Å². The molecule has 0 fully saturated rings. The monoisotopic (exact) mass is 237 g/mol. The minimum absolute atomic E-state index is 0.888. The van der Waals surface area contributed by atoms with E-state index in [1.807, 2.05) is 6.20 Å². The number of unbranched alkanes of at least 4 members (excludes halogenated alkanes) is 5. The van der Waals surface area contributed by atoms with E-state index in [1.54, 1.807) is 0 Å². The third kappa shape index (κ3) is 5.87. The first-order valence-electron chi connectivity index (χ1n) is 7.09. The SMILES string of the molecule is CCCCCCCCn1ccnc1CNCC. The molecule has 0 amide bonds. The Bertz CT molecular complexity index is 281. The lowest BCUT2D eigenvalue weighted by molar-refractivity contribution is 0.536. The summed E-state index contributed by atoms with van der Waals surface area (Å²) in [5.74, 6) is 1.17. The van der Waals surface area contributed by atoms with Gasteiger partial charge in [0.1, 0.15) is 5.82 Å². The number of nitrogens with one attached hydrogen (secondary N) is 1. The summed E-state index contributed by atoms with van der Waals surface area (Å²) in [6.07, 6.45) is 12.1. The largest absolute Gasteiger partial charge is 0.334 e. The minimum atomic E-state index is 0.888. The van der Waals surface area contributed by atoms with E-state index >= 15 is 0 Å². The van der Waals surface area contributed by atoms with Crippen LogP contribution in [-0.2, 0) is 13.1 Å². The number of rotatable bonds is 10. The smallest absolute Gasteiger partial charge is 0.122 e.